The standard InChI is InChI=1S/C10H13BrN2O/c1-7(6-12-8(2)14)9-4-3-5-10(11)13-9/h3-5,7H,6H2,1-2H3,(H,12,14). The Morgan fingerprint density at radius 3 is 2.93 bits per heavy atom. The van der Waals surface area contributed by atoms with Crippen LogP contribution in [0.1, 0.15) is 25.5 Å². The molecule has 1 heterocycles. The molecule has 0 spiro atoms. The molecule has 3 nitrogen and oxygen atoms in total. The van der Waals surface area contributed by atoms with Crippen molar-refractivity contribution in [3.8, 4) is 0 Å². The molecule has 0 radical (unpaired) electrons. The minimum Gasteiger partial charge on any atom is -0.356 e. The smallest absolute Gasteiger partial charge is 0.216 e. The Morgan fingerprint density at radius 2 is 2.36 bits per heavy atom. The molecule has 1 aromatic rings. The number of hydrogen-bond donors (Lipinski definition) is 1. The molecule has 0 aliphatic carbocycles. The Balaban J connectivity index is 2.60. The number of nitrogens with zero attached hydrogens (tertiary/aromatic N) is 1. The number of rotatable bonds is 3. The van der Waals surface area contributed by atoms with Gasteiger partial charge in [0.05, 0.1) is 0 Å². The Labute approximate surface area is 92.1 Å². The number of carbonyl (C=O) groups is 1. The molecular formula is C10H13BrN2O. The predicted octanol–water partition coefficient (Wildman–Crippen LogP) is 2.08. The van der Waals surface area contributed by atoms with Gasteiger partial charge >= 0.3 is 0 Å². The topological polar surface area (TPSA) is 42.0 Å². The van der Waals surface area contributed by atoms with E-state index in [4.69, 9.17) is 0 Å². The summed E-state index contributed by atoms with van der Waals surface area (Å²) in [5.41, 5.74) is 0.980. The fourth-order valence-corrected chi connectivity index (χ4v) is 1.46. The Morgan fingerprint density at radius 1 is 1.64 bits per heavy atom. The van der Waals surface area contributed by atoms with E-state index in [9.17, 15) is 4.79 Å². The predicted molar refractivity (Wildman–Crippen MR) is 59.0 cm³/mol. The second-order valence-electron chi connectivity index (χ2n) is 3.22. The summed E-state index contributed by atoms with van der Waals surface area (Å²) >= 11 is 3.31. The van der Waals surface area contributed by atoms with Crippen molar-refractivity contribution in [2.75, 3.05) is 6.54 Å². The molecular weight excluding hydrogens is 244 g/mol. The van der Waals surface area contributed by atoms with Gasteiger partial charge in [-0.25, -0.2) is 4.98 Å². The van der Waals surface area contributed by atoms with E-state index in [1.165, 1.54) is 6.92 Å². The number of amides is 1. The maximum absolute atomic E-state index is 10.7. The van der Waals surface area contributed by atoms with Gasteiger partial charge in [-0.15, -0.1) is 0 Å². The molecule has 1 atom stereocenters. The minimum atomic E-state index is -0.00755. The minimum absolute atomic E-state index is 0.00755. The fraction of sp³-hybridized carbons (Fsp3) is 0.400. The van der Waals surface area contributed by atoms with Gasteiger partial charge in [-0.2, -0.15) is 0 Å². The molecule has 4 heteroatoms. The highest BCUT2D eigenvalue weighted by molar-refractivity contribution is 9.10. The summed E-state index contributed by atoms with van der Waals surface area (Å²) in [4.78, 5) is 15.0. The zero-order chi connectivity index (χ0) is 10.6. The van der Waals surface area contributed by atoms with E-state index in [2.05, 4.69) is 26.2 Å². The Hall–Kier alpha value is -0.900. The molecule has 1 rings (SSSR count). The maximum Gasteiger partial charge on any atom is 0.216 e. The van der Waals surface area contributed by atoms with Crippen LogP contribution in [0, 0.1) is 0 Å². The quantitative estimate of drug-likeness (QED) is 0.842. The maximum atomic E-state index is 10.7. The van der Waals surface area contributed by atoms with Crippen molar-refractivity contribution in [1.82, 2.24) is 10.3 Å². The second kappa shape index (κ2) is 5.10. The lowest BCUT2D eigenvalue weighted by molar-refractivity contribution is -0.119. The van der Waals surface area contributed by atoms with Crippen molar-refractivity contribution < 1.29 is 4.79 Å². The monoisotopic (exact) mass is 256 g/mol. The molecule has 76 valence electrons. The van der Waals surface area contributed by atoms with Gasteiger partial charge in [0.25, 0.3) is 0 Å². The van der Waals surface area contributed by atoms with Crippen molar-refractivity contribution >= 4 is 21.8 Å². The summed E-state index contributed by atoms with van der Waals surface area (Å²) in [7, 11) is 0. The molecule has 0 aliphatic rings. The summed E-state index contributed by atoms with van der Waals surface area (Å²) in [5.74, 6) is 0.225. The largest absolute Gasteiger partial charge is 0.356 e. The van der Waals surface area contributed by atoms with E-state index in [1.54, 1.807) is 0 Å². The first-order valence-corrected chi connectivity index (χ1v) is 5.26. The van der Waals surface area contributed by atoms with Gasteiger partial charge in [-0.05, 0) is 28.1 Å². The van der Waals surface area contributed by atoms with E-state index in [0.717, 1.165) is 10.3 Å². The molecule has 0 aromatic carbocycles. The average molecular weight is 257 g/mol. The highest BCUT2D eigenvalue weighted by atomic mass is 79.9. The lowest BCUT2D eigenvalue weighted by atomic mass is 10.1. The highest BCUT2D eigenvalue weighted by Crippen LogP contribution is 2.14. The number of halogens is 1. The average Bonchev–Trinajstić information content (AvgIpc) is 2.14. The van der Waals surface area contributed by atoms with Crippen LogP contribution in [0.15, 0.2) is 22.8 Å². The van der Waals surface area contributed by atoms with Crippen molar-refractivity contribution in [1.29, 1.82) is 0 Å². The van der Waals surface area contributed by atoms with Gasteiger partial charge in [-0.3, -0.25) is 4.79 Å². The molecule has 0 aliphatic heterocycles. The van der Waals surface area contributed by atoms with E-state index < -0.39 is 0 Å². The Bertz CT molecular complexity index is 328. The van der Waals surface area contributed by atoms with Crippen LogP contribution in [0.3, 0.4) is 0 Å². The molecule has 0 bridgehead atoms. The van der Waals surface area contributed by atoms with Crippen LogP contribution in [-0.4, -0.2) is 17.4 Å². The Kier molecular flexibility index (Phi) is 4.07. The van der Waals surface area contributed by atoms with Crippen LogP contribution >= 0.6 is 15.9 Å². The number of pyridine rings is 1. The summed E-state index contributed by atoms with van der Waals surface area (Å²) < 4.78 is 0.824. The van der Waals surface area contributed by atoms with Crippen LogP contribution in [0.2, 0.25) is 0 Å². The van der Waals surface area contributed by atoms with Gasteiger partial charge in [0.15, 0.2) is 0 Å². The third kappa shape index (κ3) is 3.46. The van der Waals surface area contributed by atoms with Gasteiger partial charge < -0.3 is 5.32 Å². The van der Waals surface area contributed by atoms with Gasteiger partial charge in [0, 0.05) is 25.1 Å². The zero-order valence-corrected chi connectivity index (χ0v) is 9.84. The molecule has 0 saturated carbocycles. The molecule has 14 heavy (non-hydrogen) atoms. The van der Waals surface area contributed by atoms with Gasteiger partial charge in [-0.1, -0.05) is 13.0 Å². The van der Waals surface area contributed by atoms with Crippen molar-refractivity contribution in [3.63, 3.8) is 0 Å². The molecule has 1 amide bonds. The first kappa shape index (κ1) is 11.2. The number of carbonyl (C=O) groups excluding carboxylic acids is 1. The lowest BCUT2D eigenvalue weighted by Gasteiger charge is -2.11. The first-order valence-electron chi connectivity index (χ1n) is 4.46. The van der Waals surface area contributed by atoms with Crippen LogP contribution in [0.4, 0.5) is 0 Å². The third-order valence-electron chi connectivity index (χ3n) is 1.90. The fourth-order valence-electron chi connectivity index (χ4n) is 1.10. The molecule has 1 aromatic heterocycles. The summed E-state index contributed by atoms with van der Waals surface area (Å²) in [6.45, 7) is 4.17. The van der Waals surface area contributed by atoms with Crippen LogP contribution in [-0.2, 0) is 4.79 Å². The van der Waals surface area contributed by atoms with Crippen molar-refractivity contribution in [2.45, 2.75) is 19.8 Å². The molecule has 0 saturated heterocycles. The second-order valence-corrected chi connectivity index (χ2v) is 4.04. The van der Waals surface area contributed by atoms with E-state index in [0.29, 0.717) is 6.54 Å². The van der Waals surface area contributed by atoms with E-state index >= 15 is 0 Å². The van der Waals surface area contributed by atoms with Crippen LogP contribution < -0.4 is 5.32 Å². The van der Waals surface area contributed by atoms with Gasteiger partial charge in [0.2, 0.25) is 5.91 Å². The first-order chi connectivity index (χ1) is 6.59. The summed E-state index contributed by atoms with van der Waals surface area (Å²) in [6.07, 6.45) is 0. The third-order valence-corrected chi connectivity index (χ3v) is 2.34. The van der Waals surface area contributed by atoms with Crippen LogP contribution in [0.5, 0.6) is 0 Å². The van der Waals surface area contributed by atoms with Crippen molar-refractivity contribution in [2.24, 2.45) is 0 Å². The summed E-state index contributed by atoms with van der Waals surface area (Å²) in [5, 5.41) is 2.77. The molecule has 1 N–H and O–H groups in total. The van der Waals surface area contributed by atoms with Gasteiger partial charge in [0.1, 0.15) is 4.60 Å². The SMILES string of the molecule is CC(=O)NCC(C)c1cccc(Br)n1. The van der Waals surface area contributed by atoms with Crippen LogP contribution in [0.25, 0.3) is 0 Å². The normalized spacial score (nSPS) is 12.2. The summed E-state index contributed by atoms with van der Waals surface area (Å²) in [6, 6.07) is 5.78. The number of aromatic nitrogens is 1. The van der Waals surface area contributed by atoms with E-state index in [-0.39, 0.29) is 11.8 Å². The number of nitrogens with one attached hydrogen (secondary N) is 1. The van der Waals surface area contributed by atoms with Crippen molar-refractivity contribution in [3.05, 3.63) is 28.5 Å². The van der Waals surface area contributed by atoms with E-state index in [1.807, 2.05) is 25.1 Å². The highest BCUT2D eigenvalue weighted by Gasteiger charge is 2.07. The lowest BCUT2D eigenvalue weighted by Crippen LogP contribution is -2.25. The number of hydrogen-bond acceptors (Lipinski definition) is 2. The zero-order valence-electron chi connectivity index (χ0n) is 8.25. The molecule has 1 unspecified atom stereocenters. The molecule has 0 fully saturated rings.